The topological polar surface area (TPSA) is 50.7 Å². The summed E-state index contributed by atoms with van der Waals surface area (Å²) in [6.07, 6.45) is 1.89. The van der Waals surface area contributed by atoms with Gasteiger partial charge in [-0.15, -0.1) is 0 Å². The van der Waals surface area contributed by atoms with Crippen LogP contribution in [0.3, 0.4) is 0 Å². The van der Waals surface area contributed by atoms with Gasteiger partial charge in [0.05, 0.1) is 12.6 Å². The Labute approximate surface area is 189 Å². The van der Waals surface area contributed by atoms with Gasteiger partial charge in [-0.3, -0.25) is 4.79 Å². The number of carbonyl (C=O) groups excluding carboxylic acids is 1. The Morgan fingerprint density at radius 2 is 1.71 bits per heavy atom. The monoisotopic (exact) mass is 472 g/mol. The molecule has 0 heterocycles. The maximum atomic E-state index is 12.1. The fourth-order valence-electron chi connectivity index (χ4n) is 3.27. The Hall–Kier alpha value is -3.44. The number of hydrogen-bond acceptors (Lipinski definition) is 3. The molecule has 1 N–H and O–H groups in total. The summed E-state index contributed by atoms with van der Waals surface area (Å²) in [5.41, 5.74) is 5.48. The zero-order chi connectivity index (χ0) is 21.5. The van der Waals surface area contributed by atoms with Gasteiger partial charge >= 0.3 is 0 Å². The normalized spacial score (nSPS) is 11.0. The summed E-state index contributed by atoms with van der Waals surface area (Å²) in [6.45, 7) is 0.478. The first kappa shape index (κ1) is 20.8. The van der Waals surface area contributed by atoms with E-state index in [1.165, 1.54) is 10.8 Å². The van der Waals surface area contributed by atoms with E-state index in [2.05, 4.69) is 50.7 Å². The van der Waals surface area contributed by atoms with E-state index in [0.29, 0.717) is 6.61 Å². The van der Waals surface area contributed by atoms with Crippen molar-refractivity contribution in [1.82, 2.24) is 5.43 Å². The number of hydrogen-bond donors (Lipinski definition) is 1. The molecule has 0 saturated carbocycles. The van der Waals surface area contributed by atoms with Gasteiger partial charge in [-0.05, 0) is 51.7 Å². The van der Waals surface area contributed by atoms with Crippen molar-refractivity contribution in [2.24, 2.45) is 5.10 Å². The van der Waals surface area contributed by atoms with Gasteiger partial charge in [-0.25, -0.2) is 5.43 Å². The maximum absolute atomic E-state index is 12.1. The van der Waals surface area contributed by atoms with Gasteiger partial charge in [0.1, 0.15) is 12.4 Å². The Bertz CT molecular complexity index is 1210. The average Bonchev–Trinajstić information content (AvgIpc) is 2.79. The standard InChI is InChI=1S/C26H21BrN2O2/c27-23-13-11-19(12-14-23)16-26(30)29-28-17-20-5-3-9-24(15-20)31-18-22-8-4-7-21-6-1-2-10-25(21)22/h1-15,17H,16,18H2,(H,29,30)/b28-17+. The molecule has 4 aromatic carbocycles. The molecule has 154 valence electrons. The van der Waals surface area contributed by atoms with Crippen LogP contribution in [-0.2, 0) is 17.8 Å². The van der Waals surface area contributed by atoms with E-state index in [9.17, 15) is 4.79 Å². The lowest BCUT2D eigenvalue weighted by Gasteiger charge is -2.09. The summed E-state index contributed by atoms with van der Waals surface area (Å²) in [5.74, 6) is 0.583. The molecule has 0 atom stereocenters. The van der Waals surface area contributed by atoms with E-state index in [-0.39, 0.29) is 12.3 Å². The molecule has 4 rings (SSSR count). The van der Waals surface area contributed by atoms with Crippen LogP contribution in [-0.4, -0.2) is 12.1 Å². The molecule has 0 fully saturated rings. The number of nitrogens with zero attached hydrogens (tertiary/aromatic N) is 1. The first-order chi connectivity index (χ1) is 15.2. The molecule has 0 bridgehead atoms. The lowest BCUT2D eigenvalue weighted by molar-refractivity contribution is -0.120. The van der Waals surface area contributed by atoms with Crippen molar-refractivity contribution >= 4 is 38.8 Å². The molecule has 0 radical (unpaired) electrons. The second-order valence-electron chi connectivity index (χ2n) is 7.10. The van der Waals surface area contributed by atoms with Gasteiger partial charge in [0.2, 0.25) is 5.91 Å². The molecule has 1 amide bonds. The minimum absolute atomic E-state index is 0.165. The third-order valence-electron chi connectivity index (χ3n) is 4.81. The Morgan fingerprint density at radius 1 is 0.935 bits per heavy atom. The van der Waals surface area contributed by atoms with E-state index >= 15 is 0 Å². The van der Waals surface area contributed by atoms with E-state index in [0.717, 1.165) is 26.9 Å². The molecule has 0 aliphatic heterocycles. The Kier molecular flexibility index (Phi) is 6.75. The van der Waals surface area contributed by atoms with Gasteiger partial charge in [0.15, 0.2) is 0 Å². The number of rotatable bonds is 7. The minimum Gasteiger partial charge on any atom is -0.489 e. The van der Waals surface area contributed by atoms with Crippen molar-refractivity contribution in [2.45, 2.75) is 13.0 Å². The minimum atomic E-state index is -0.165. The van der Waals surface area contributed by atoms with E-state index in [4.69, 9.17) is 4.74 Å². The first-order valence-corrected chi connectivity index (χ1v) is 10.7. The van der Waals surface area contributed by atoms with Crippen LogP contribution in [0.1, 0.15) is 16.7 Å². The molecule has 4 nitrogen and oxygen atoms in total. The molecule has 0 unspecified atom stereocenters. The fourth-order valence-corrected chi connectivity index (χ4v) is 3.53. The lowest BCUT2D eigenvalue weighted by atomic mass is 10.1. The fraction of sp³-hybridized carbons (Fsp3) is 0.0769. The second-order valence-corrected chi connectivity index (χ2v) is 8.01. The summed E-state index contributed by atoms with van der Waals surface area (Å²) in [5, 5.41) is 6.45. The number of nitrogens with one attached hydrogen (secondary N) is 1. The van der Waals surface area contributed by atoms with Crippen molar-refractivity contribution in [3.63, 3.8) is 0 Å². The van der Waals surface area contributed by atoms with Crippen molar-refractivity contribution in [3.05, 3.63) is 112 Å². The van der Waals surface area contributed by atoms with E-state index < -0.39 is 0 Å². The number of amides is 1. The van der Waals surface area contributed by atoms with Crippen molar-refractivity contribution in [2.75, 3.05) is 0 Å². The molecular formula is C26H21BrN2O2. The van der Waals surface area contributed by atoms with Gasteiger partial charge in [0, 0.05) is 4.47 Å². The van der Waals surface area contributed by atoms with Crippen LogP contribution < -0.4 is 10.2 Å². The number of benzene rings is 4. The predicted octanol–water partition coefficient (Wildman–Crippen LogP) is 5.87. The molecule has 0 aliphatic carbocycles. The van der Waals surface area contributed by atoms with Crippen molar-refractivity contribution < 1.29 is 9.53 Å². The number of ether oxygens (including phenoxy) is 1. The number of carbonyl (C=O) groups is 1. The molecular weight excluding hydrogens is 452 g/mol. The van der Waals surface area contributed by atoms with Crippen LogP contribution >= 0.6 is 15.9 Å². The highest BCUT2D eigenvalue weighted by Gasteiger charge is 2.03. The molecule has 0 aromatic heterocycles. The summed E-state index contributed by atoms with van der Waals surface area (Å²) in [6, 6.07) is 29.8. The summed E-state index contributed by atoms with van der Waals surface area (Å²) >= 11 is 3.39. The highest BCUT2D eigenvalue weighted by Crippen LogP contribution is 2.21. The summed E-state index contributed by atoms with van der Waals surface area (Å²) < 4.78 is 6.99. The molecule has 0 saturated heterocycles. The van der Waals surface area contributed by atoms with Crippen LogP contribution in [0, 0.1) is 0 Å². The zero-order valence-electron chi connectivity index (χ0n) is 16.8. The van der Waals surface area contributed by atoms with Crippen molar-refractivity contribution in [1.29, 1.82) is 0 Å². The number of halogens is 1. The first-order valence-electron chi connectivity index (χ1n) is 9.93. The highest BCUT2D eigenvalue weighted by molar-refractivity contribution is 9.10. The van der Waals surface area contributed by atoms with E-state index in [1.807, 2.05) is 66.7 Å². The molecule has 31 heavy (non-hydrogen) atoms. The van der Waals surface area contributed by atoms with Gasteiger partial charge in [-0.1, -0.05) is 82.7 Å². The SMILES string of the molecule is O=C(Cc1ccc(Br)cc1)N/N=C/c1cccc(OCc2cccc3ccccc23)c1. The zero-order valence-corrected chi connectivity index (χ0v) is 18.4. The van der Waals surface area contributed by atoms with Gasteiger partial charge in [-0.2, -0.15) is 5.10 Å². The molecule has 4 aromatic rings. The van der Waals surface area contributed by atoms with Crippen LogP contribution in [0.2, 0.25) is 0 Å². The third-order valence-corrected chi connectivity index (χ3v) is 5.34. The quantitative estimate of drug-likeness (QED) is 0.270. The van der Waals surface area contributed by atoms with Gasteiger partial charge < -0.3 is 4.74 Å². The maximum Gasteiger partial charge on any atom is 0.244 e. The average molecular weight is 473 g/mol. The van der Waals surface area contributed by atoms with E-state index in [1.54, 1.807) is 6.21 Å². The summed E-state index contributed by atoms with van der Waals surface area (Å²) in [4.78, 5) is 12.1. The second kappa shape index (κ2) is 10.0. The highest BCUT2D eigenvalue weighted by atomic mass is 79.9. The predicted molar refractivity (Wildman–Crippen MR) is 128 cm³/mol. The smallest absolute Gasteiger partial charge is 0.244 e. The lowest BCUT2D eigenvalue weighted by Crippen LogP contribution is -2.19. The largest absolute Gasteiger partial charge is 0.489 e. The molecule has 0 spiro atoms. The van der Waals surface area contributed by atoms with Gasteiger partial charge in [0.25, 0.3) is 0 Å². The van der Waals surface area contributed by atoms with Crippen LogP contribution in [0.4, 0.5) is 0 Å². The summed E-state index contributed by atoms with van der Waals surface area (Å²) in [7, 11) is 0. The van der Waals surface area contributed by atoms with Crippen molar-refractivity contribution in [3.8, 4) is 5.75 Å². The number of fused-ring (bicyclic) bond motifs is 1. The van der Waals surface area contributed by atoms with Crippen LogP contribution in [0.25, 0.3) is 10.8 Å². The molecule has 0 aliphatic rings. The van der Waals surface area contributed by atoms with Crippen LogP contribution in [0.15, 0.2) is 101 Å². The Balaban J connectivity index is 1.34. The Morgan fingerprint density at radius 3 is 2.58 bits per heavy atom. The molecule has 5 heteroatoms. The number of hydrazone groups is 1. The third kappa shape index (κ3) is 5.80. The van der Waals surface area contributed by atoms with Crippen LogP contribution in [0.5, 0.6) is 5.75 Å².